The topological polar surface area (TPSA) is 57.7 Å². The molecule has 0 aromatic heterocycles. The number of piperazine rings is 1. The smallest absolute Gasteiger partial charge is 0.243 e. The van der Waals surface area contributed by atoms with Gasteiger partial charge in [0.1, 0.15) is 0 Å². The number of benzene rings is 1. The number of hydrogen-bond donors (Lipinski definition) is 0. The van der Waals surface area contributed by atoms with Crippen molar-refractivity contribution in [2.45, 2.75) is 18.2 Å². The lowest BCUT2D eigenvalue weighted by Gasteiger charge is -2.34. The maximum Gasteiger partial charge on any atom is 0.243 e. The van der Waals surface area contributed by atoms with Crippen molar-refractivity contribution >= 4 is 31.9 Å². The highest BCUT2D eigenvalue weighted by Gasteiger charge is 2.42. The van der Waals surface area contributed by atoms with Crippen molar-refractivity contribution < 1.29 is 13.2 Å². The molecule has 1 aromatic carbocycles. The Bertz CT molecular complexity index is 667. The number of nitrogens with zero attached hydrogens (tertiary/aromatic N) is 2. The van der Waals surface area contributed by atoms with E-state index in [1.54, 1.807) is 24.3 Å². The summed E-state index contributed by atoms with van der Waals surface area (Å²) in [5.41, 5.74) is 0. The van der Waals surface area contributed by atoms with Crippen LogP contribution in [0.3, 0.4) is 0 Å². The van der Waals surface area contributed by atoms with Crippen LogP contribution in [0.15, 0.2) is 33.6 Å². The van der Waals surface area contributed by atoms with Crippen molar-refractivity contribution in [3.8, 4) is 0 Å². The summed E-state index contributed by atoms with van der Waals surface area (Å²) in [6.07, 6.45) is 0.968. The minimum atomic E-state index is -3.47. The zero-order valence-corrected chi connectivity index (χ0v) is 14.8. The molecule has 1 aliphatic heterocycles. The van der Waals surface area contributed by atoms with E-state index in [2.05, 4.69) is 22.9 Å². The van der Waals surface area contributed by atoms with E-state index in [9.17, 15) is 13.2 Å². The summed E-state index contributed by atoms with van der Waals surface area (Å²) in [5.74, 6) is 0.833. The van der Waals surface area contributed by atoms with Gasteiger partial charge in [-0.3, -0.25) is 4.79 Å². The lowest BCUT2D eigenvalue weighted by molar-refractivity contribution is -0.134. The molecule has 5 nitrogen and oxygen atoms in total. The Morgan fingerprint density at radius 1 is 1.14 bits per heavy atom. The van der Waals surface area contributed by atoms with Crippen molar-refractivity contribution in [2.24, 2.45) is 11.8 Å². The molecule has 0 unspecified atom stereocenters. The summed E-state index contributed by atoms with van der Waals surface area (Å²) < 4.78 is 27.5. The standard InChI is InChI=1S/C15H19BrN2O3S/c1-11-10-14(11)15(19)17-6-8-18(9-7-17)22(20,21)13-4-2-12(16)3-5-13/h2-5,11,14H,6-10H2,1H3/t11-,14-/m0/s1. The van der Waals surface area contributed by atoms with E-state index in [0.717, 1.165) is 10.9 Å². The third-order valence-corrected chi connectivity index (χ3v) is 6.87. The van der Waals surface area contributed by atoms with Gasteiger partial charge < -0.3 is 4.90 Å². The van der Waals surface area contributed by atoms with Crippen LogP contribution in [-0.2, 0) is 14.8 Å². The highest BCUT2D eigenvalue weighted by molar-refractivity contribution is 9.10. The first kappa shape index (κ1) is 16.0. The van der Waals surface area contributed by atoms with Gasteiger partial charge in [0.2, 0.25) is 15.9 Å². The molecule has 7 heteroatoms. The number of carbonyl (C=O) groups is 1. The van der Waals surface area contributed by atoms with Gasteiger partial charge in [0, 0.05) is 36.6 Å². The minimum absolute atomic E-state index is 0.162. The van der Waals surface area contributed by atoms with Crippen molar-refractivity contribution in [1.82, 2.24) is 9.21 Å². The van der Waals surface area contributed by atoms with Gasteiger partial charge in [0.05, 0.1) is 4.90 Å². The first-order valence-electron chi connectivity index (χ1n) is 7.44. The summed E-state index contributed by atoms with van der Waals surface area (Å²) in [7, 11) is -3.47. The first-order chi connectivity index (χ1) is 10.4. The largest absolute Gasteiger partial charge is 0.340 e. The number of halogens is 1. The molecule has 1 saturated carbocycles. The number of rotatable bonds is 3. The third kappa shape index (κ3) is 3.07. The van der Waals surface area contributed by atoms with Gasteiger partial charge in [0.15, 0.2) is 0 Å². The molecule has 0 radical (unpaired) electrons. The molecule has 120 valence electrons. The van der Waals surface area contributed by atoms with E-state index in [0.29, 0.717) is 37.0 Å². The van der Waals surface area contributed by atoms with Gasteiger partial charge in [-0.05, 0) is 36.6 Å². The normalized spacial score (nSPS) is 26.0. The van der Waals surface area contributed by atoms with E-state index in [-0.39, 0.29) is 11.8 Å². The predicted molar refractivity (Wildman–Crippen MR) is 86.8 cm³/mol. The van der Waals surface area contributed by atoms with E-state index >= 15 is 0 Å². The maximum atomic E-state index is 12.6. The zero-order chi connectivity index (χ0) is 15.9. The average molecular weight is 387 g/mol. The Balaban J connectivity index is 1.65. The third-order valence-electron chi connectivity index (χ3n) is 4.43. The molecule has 0 spiro atoms. The van der Waals surface area contributed by atoms with Crippen LogP contribution in [-0.4, -0.2) is 49.7 Å². The lowest BCUT2D eigenvalue weighted by atomic mass is 10.2. The van der Waals surface area contributed by atoms with Crippen LogP contribution in [0.25, 0.3) is 0 Å². The fourth-order valence-electron chi connectivity index (χ4n) is 2.81. The van der Waals surface area contributed by atoms with Gasteiger partial charge in [-0.2, -0.15) is 4.31 Å². The van der Waals surface area contributed by atoms with Gasteiger partial charge >= 0.3 is 0 Å². The van der Waals surface area contributed by atoms with E-state index in [1.165, 1.54) is 4.31 Å². The van der Waals surface area contributed by atoms with Crippen LogP contribution in [0.1, 0.15) is 13.3 Å². The molecule has 1 aliphatic carbocycles. The Morgan fingerprint density at radius 3 is 2.18 bits per heavy atom. The van der Waals surface area contributed by atoms with Gasteiger partial charge in [-0.1, -0.05) is 22.9 Å². The molecular formula is C15H19BrN2O3S. The van der Waals surface area contributed by atoms with Crippen molar-refractivity contribution in [2.75, 3.05) is 26.2 Å². The summed E-state index contributed by atoms with van der Waals surface area (Å²) in [4.78, 5) is 14.3. The average Bonchev–Trinajstić information content (AvgIpc) is 3.24. The molecule has 0 N–H and O–H groups in total. The second-order valence-electron chi connectivity index (χ2n) is 6.00. The molecule has 2 fully saturated rings. The molecule has 22 heavy (non-hydrogen) atoms. The van der Waals surface area contributed by atoms with Crippen molar-refractivity contribution in [3.05, 3.63) is 28.7 Å². The van der Waals surface area contributed by atoms with Crippen LogP contribution in [0, 0.1) is 11.8 Å². The van der Waals surface area contributed by atoms with Crippen molar-refractivity contribution in [1.29, 1.82) is 0 Å². The molecule has 2 atom stereocenters. The molecule has 2 aliphatic rings. The van der Waals surface area contributed by atoms with Crippen LogP contribution in [0.2, 0.25) is 0 Å². The first-order valence-corrected chi connectivity index (χ1v) is 9.67. The molecule has 0 bridgehead atoms. The molecule has 1 amide bonds. The number of carbonyl (C=O) groups excluding carboxylic acids is 1. The van der Waals surface area contributed by atoms with Crippen LogP contribution in [0.5, 0.6) is 0 Å². The fourth-order valence-corrected chi connectivity index (χ4v) is 4.49. The van der Waals surface area contributed by atoms with E-state index in [4.69, 9.17) is 0 Å². The number of sulfonamides is 1. The quantitative estimate of drug-likeness (QED) is 0.797. The molecular weight excluding hydrogens is 368 g/mol. The molecule has 1 heterocycles. The minimum Gasteiger partial charge on any atom is -0.340 e. The molecule has 1 aromatic rings. The fraction of sp³-hybridized carbons (Fsp3) is 0.533. The molecule has 1 saturated heterocycles. The van der Waals surface area contributed by atoms with Gasteiger partial charge in [-0.25, -0.2) is 8.42 Å². The van der Waals surface area contributed by atoms with E-state index < -0.39 is 10.0 Å². The summed E-state index contributed by atoms with van der Waals surface area (Å²) in [6.45, 7) is 3.78. The van der Waals surface area contributed by atoms with Crippen LogP contribution in [0.4, 0.5) is 0 Å². The summed E-state index contributed by atoms with van der Waals surface area (Å²) in [5, 5.41) is 0. The maximum absolute atomic E-state index is 12.6. The number of amides is 1. The lowest BCUT2D eigenvalue weighted by Crippen LogP contribution is -2.51. The Kier molecular flexibility index (Phi) is 4.31. The molecule has 3 rings (SSSR count). The van der Waals surface area contributed by atoms with Crippen LogP contribution >= 0.6 is 15.9 Å². The highest BCUT2D eigenvalue weighted by atomic mass is 79.9. The second kappa shape index (κ2) is 5.94. The van der Waals surface area contributed by atoms with Crippen molar-refractivity contribution in [3.63, 3.8) is 0 Å². The Hall–Kier alpha value is -0.920. The SMILES string of the molecule is C[C@H]1C[C@@H]1C(=O)N1CCN(S(=O)(=O)c2ccc(Br)cc2)CC1. The monoisotopic (exact) mass is 386 g/mol. The van der Waals surface area contributed by atoms with E-state index in [1.807, 2.05) is 4.90 Å². The Morgan fingerprint density at radius 2 is 1.68 bits per heavy atom. The highest BCUT2D eigenvalue weighted by Crippen LogP contribution is 2.39. The van der Waals surface area contributed by atoms with Gasteiger partial charge in [0.25, 0.3) is 0 Å². The predicted octanol–water partition coefficient (Wildman–Crippen LogP) is 1.94. The summed E-state index contributed by atoms with van der Waals surface area (Å²) in [6, 6.07) is 6.65. The zero-order valence-electron chi connectivity index (χ0n) is 12.4. The second-order valence-corrected chi connectivity index (χ2v) is 8.86. The Labute approximate surface area is 139 Å². The van der Waals surface area contributed by atoms with Crippen LogP contribution < -0.4 is 0 Å². The number of hydrogen-bond acceptors (Lipinski definition) is 3. The summed E-state index contributed by atoms with van der Waals surface area (Å²) >= 11 is 3.30. The van der Waals surface area contributed by atoms with Gasteiger partial charge in [-0.15, -0.1) is 0 Å².